The van der Waals surface area contributed by atoms with Crippen LogP contribution in [0.1, 0.15) is 11.1 Å². The summed E-state index contributed by atoms with van der Waals surface area (Å²) in [6, 6.07) is 13.1. The number of aliphatic hydroxyl groups excluding tert-OH is 3. The van der Waals surface area contributed by atoms with Crippen LogP contribution in [-0.4, -0.2) is 68.8 Å². The molecular weight excluding hydrogens is 408 g/mol. The standard InChI is InChI=1S/C22H24O9/c23-11-17-21(31-18(26)9-7-13-6-8-15(24)16(25)10-13)19(27)20(28)22(30-17)29-12-14-4-2-1-3-5-14/h1-10,17,19-25,27-28H,11-12H2/b9-7+/t17-,19-,20-,21-,22-/m1/s1. The highest BCUT2D eigenvalue weighted by molar-refractivity contribution is 5.87. The largest absolute Gasteiger partial charge is 0.504 e. The lowest BCUT2D eigenvalue weighted by molar-refractivity contribution is -0.305. The van der Waals surface area contributed by atoms with Gasteiger partial charge >= 0.3 is 5.97 Å². The maximum atomic E-state index is 12.2. The molecule has 0 aliphatic carbocycles. The first-order valence-electron chi connectivity index (χ1n) is 9.57. The average molecular weight is 432 g/mol. The summed E-state index contributed by atoms with van der Waals surface area (Å²) >= 11 is 0. The molecular formula is C22H24O9. The molecule has 0 aromatic heterocycles. The number of hydrogen-bond acceptors (Lipinski definition) is 9. The lowest BCUT2D eigenvalue weighted by atomic mass is 9.99. The van der Waals surface area contributed by atoms with Gasteiger partial charge < -0.3 is 39.7 Å². The third-order valence-corrected chi connectivity index (χ3v) is 4.74. The zero-order valence-corrected chi connectivity index (χ0v) is 16.4. The van der Waals surface area contributed by atoms with Crippen molar-refractivity contribution in [2.75, 3.05) is 6.61 Å². The Hall–Kier alpha value is -2.95. The van der Waals surface area contributed by atoms with E-state index in [1.54, 1.807) is 0 Å². The summed E-state index contributed by atoms with van der Waals surface area (Å²) in [6.07, 6.45) is -4.37. The molecule has 9 nitrogen and oxygen atoms in total. The van der Waals surface area contributed by atoms with E-state index in [-0.39, 0.29) is 18.1 Å². The molecule has 1 aliphatic heterocycles. The number of ether oxygens (including phenoxy) is 3. The van der Waals surface area contributed by atoms with Crippen LogP contribution >= 0.6 is 0 Å². The molecule has 1 saturated heterocycles. The third kappa shape index (κ3) is 5.81. The fourth-order valence-corrected chi connectivity index (χ4v) is 3.07. The lowest BCUT2D eigenvalue weighted by Crippen LogP contribution is -2.60. The van der Waals surface area contributed by atoms with Crippen molar-refractivity contribution in [1.29, 1.82) is 0 Å². The van der Waals surface area contributed by atoms with Crippen LogP contribution in [0.2, 0.25) is 0 Å². The Morgan fingerprint density at radius 3 is 2.45 bits per heavy atom. The van der Waals surface area contributed by atoms with E-state index in [4.69, 9.17) is 14.2 Å². The molecule has 3 rings (SSSR count). The second-order valence-corrected chi connectivity index (χ2v) is 6.99. The Kier molecular flexibility index (Phi) is 7.61. The molecule has 5 atom stereocenters. The van der Waals surface area contributed by atoms with E-state index in [1.165, 1.54) is 24.3 Å². The summed E-state index contributed by atoms with van der Waals surface area (Å²) in [6.45, 7) is -0.470. The monoisotopic (exact) mass is 432 g/mol. The van der Waals surface area contributed by atoms with Gasteiger partial charge in [0.2, 0.25) is 0 Å². The van der Waals surface area contributed by atoms with Gasteiger partial charge in [0.25, 0.3) is 0 Å². The van der Waals surface area contributed by atoms with Gasteiger partial charge in [0.15, 0.2) is 23.9 Å². The van der Waals surface area contributed by atoms with Gasteiger partial charge in [-0.1, -0.05) is 36.4 Å². The Morgan fingerprint density at radius 1 is 1.03 bits per heavy atom. The highest BCUT2D eigenvalue weighted by Crippen LogP contribution is 2.27. The lowest BCUT2D eigenvalue weighted by Gasteiger charge is -2.41. The number of esters is 1. The van der Waals surface area contributed by atoms with Crippen molar-refractivity contribution in [2.45, 2.75) is 37.3 Å². The zero-order valence-electron chi connectivity index (χ0n) is 16.4. The van der Waals surface area contributed by atoms with Crippen LogP contribution in [-0.2, 0) is 25.6 Å². The summed E-state index contributed by atoms with van der Waals surface area (Å²) in [5.41, 5.74) is 1.24. The number of aromatic hydroxyl groups is 2. The van der Waals surface area contributed by atoms with Gasteiger partial charge in [0.05, 0.1) is 13.2 Å². The van der Waals surface area contributed by atoms with E-state index in [0.29, 0.717) is 5.56 Å². The van der Waals surface area contributed by atoms with Crippen LogP contribution < -0.4 is 0 Å². The van der Waals surface area contributed by atoms with Crippen LogP contribution in [0, 0.1) is 0 Å². The number of phenols is 2. The Morgan fingerprint density at radius 2 is 1.77 bits per heavy atom. The molecule has 0 amide bonds. The fraction of sp³-hybridized carbons (Fsp3) is 0.318. The summed E-state index contributed by atoms with van der Waals surface area (Å²) in [5.74, 6) is -1.52. The topological polar surface area (TPSA) is 146 Å². The van der Waals surface area contributed by atoms with E-state index in [1.807, 2.05) is 30.3 Å². The van der Waals surface area contributed by atoms with Crippen LogP contribution in [0.4, 0.5) is 0 Å². The van der Waals surface area contributed by atoms with Crippen LogP contribution in [0.3, 0.4) is 0 Å². The second-order valence-electron chi connectivity index (χ2n) is 6.99. The fourth-order valence-electron chi connectivity index (χ4n) is 3.07. The maximum absolute atomic E-state index is 12.2. The van der Waals surface area contributed by atoms with Crippen molar-refractivity contribution >= 4 is 12.0 Å². The number of hydrogen-bond donors (Lipinski definition) is 5. The second kappa shape index (κ2) is 10.4. The van der Waals surface area contributed by atoms with Gasteiger partial charge in [-0.05, 0) is 29.3 Å². The molecule has 1 aliphatic rings. The van der Waals surface area contributed by atoms with Gasteiger partial charge in [-0.3, -0.25) is 0 Å². The summed E-state index contributed by atoms with van der Waals surface area (Å²) in [7, 11) is 0. The normalized spacial score (nSPS) is 26.1. The molecule has 2 aromatic carbocycles. The van der Waals surface area contributed by atoms with Crippen LogP contribution in [0.15, 0.2) is 54.6 Å². The Balaban J connectivity index is 1.61. The smallest absolute Gasteiger partial charge is 0.331 e. The molecule has 0 unspecified atom stereocenters. The summed E-state index contributed by atoms with van der Waals surface area (Å²) < 4.78 is 16.2. The first kappa shape index (κ1) is 22.7. The van der Waals surface area contributed by atoms with E-state index in [9.17, 15) is 30.3 Å². The number of benzene rings is 2. The molecule has 166 valence electrons. The molecule has 5 N–H and O–H groups in total. The molecule has 0 bridgehead atoms. The van der Waals surface area contributed by atoms with Gasteiger partial charge in [-0.25, -0.2) is 4.79 Å². The van der Waals surface area contributed by atoms with E-state index < -0.39 is 43.3 Å². The Labute approximate surface area is 178 Å². The van der Waals surface area contributed by atoms with Crippen molar-refractivity contribution < 1.29 is 44.5 Å². The van der Waals surface area contributed by atoms with Gasteiger partial charge in [-0.15, -0.1) is 0 Å². The average Bonchev–Trinajstić information content (AvgIpc) is 2.78. The SMILES string of the molecule is O=C(/C=C/c1ccc(O)c(O)c1)O[C@H]1[C@H](O)[C@@H](O)[C@H](OCc2ccccc2)O[C@@H]1CO. The maximum Gasteiger partial charge on any atom is 0.331 e. The van der Waals surface area contributed by atoms with E-state index in [0.717, 1.165) is 11.6 Å². The summed E-state index contributed by atoms with van der Waals surface area (Å²) in [5, 5.41) is 49.2. The predicted octanol–water partition coefficient (Wildman–Crippen LogP) is 0.679. The molecule has 2 aromatic rings. The highest BCUT2D eigenvalue weighted by atomic mass is 16.7. The number of phenolic OH excluding ortho intramolecular Hbond substituents is 2. The molecule has 9 heteroatoms. The summed E-state index contributed by atoms with van der Waals surface area (Å²) in [4.78, 5) is 12.2. The molecule has 0 spiro atoms. The predicted molar refractivity (Wildman–Crippen MR) is 108 cm³/mol. The first-order valence-corrected chi connectivity index (χ1v) is 9.57. The van der Waals surface area contributed by atoms with Crippen LogP contribution in [0.5, 0.6) is 11.5 Å². The number of rotatable bonds is 7. The van der Waals surface area contributed by atoms with Crippen molar-refractivity contribution in [3.8, 4) is 11.5 Å². The highest BCUT2D eigenvalue weighted by Gasteiger charge is 2.46. The number of aliphatic hydroxyl groups is 3. The quantitative estimate of drug-likeness (QED) is 0.242. The number of carbonyl (C=O) groups is 1. The minimum atomic E-state index is -1.55. The zero-order chi connectivity index (χ0) is 22.4. The van der Waals surface area contributed by atoms with Crippen molar-refractivity contribution in [3.05, 3.63) is 65.7 Å². The van der Waals surface area contributed by atoms with Crippen molar-refractivity contribution in [3.63, 3.8) is 0 Å². The third-order valence-electron chi connectivity index (χ3n) is 4.74. The molecule has 0 saturated carbocycles. The van der Waals surface area contributed by atoms with E-state index >= 15 is 0 Å². The van der Waals surface area contributed by atoms with Gasteiger partial charge in [-0.2, -0.15) is 0 Å². The molecule has 31 heavy (non-hydrogen) atoms. The molecule has 1 heterocycles. The van der Waals surface area contributed by atoms with Crippen molar-refractivity contribution in [2.24, 2.45) is 0 Å². The van der Waals surface area contributed by atoms with Crippen molar-refractivity contribution in [1.82, 2.24) is 0 Å². The minimum absolute atomic E-state index is 0.111. The van der Waals surface area contributed by atoms with E-state index in [2.05, 4.69) is 0 Å². The minimum Gasteiger partial charge on any atom is -0.504 e. The molecule has 1 fully saturated rings. The molecule has 0 radical (unpaired) electrons. The van der Waals surface area contributed by atoms with Gasteiger partial charge in [0, 0.05) is 6.08 Å². The Bertz CT molecular complexity index is 897. The number of carbonyl (C=O) groups excluding carboxylic acids is 1. The van der Waals surface area contributed by atoms with Crippen LogP contribution in [0.25, 0.3) is 6.08 Å². The first-order chi connectivity index (χ1) is 14.9. The van der Waals surface area contributed by atoms with Gasteiger partial charge in [0.1, 0.15) is 18.3 Å².